The molecular weight excluding hydrogens is 415 g/mol. The molecule has 0 aliphatic rings. The monoisotopic (exact) mass is 441 g/mol. The first-order valence-electron chi connectivity index (χ1n) is 10.6. The van der Waals surface area contributed by atoms with Crippen molar-refractivity contribution >= 4 is 8.25 Å². The Labute approximate surface area is 190 Å². The van der Waals surface area contributed by atoms with Gasteiger partial charge in [0.2, 0.25) is 0 Å². The van der Waals surface area contributed by atoms with Crippen molar-refractivity contribution in [2.45, 2.75) is 25.0 Å². The summed E-state index contributed by atoms with van der Waals surface area (Å²) >= 11 is 0. The summed E-state index contributed by atoms with van der Waals surface area (Å²) in [6.07, 6.45) is 0. The summed E-state index contributed by atoms with van der Waals surface area (Å²) in [5.41, 5.74) is 1.73. The van der Waals surface area contributed by atoms with Crippen molar-refractivity contribution < 1.29 is 13.6 Å². The largest absolute Gasteiger partial charge is 0.699 e. The van der Waals surface area contributed by atoms with Gasteiger partial charge in [0.25, 0.3) is 0 Å². The Kier molecular flexibility index (Phi) is 6.62. The fourth-order valence-corrected chi connectivity index (χ4v) is 4.94. The third-order valence-electron chi connectivity index (χ3n) is 5.81. The van der Waals surface area contributed by atoms with Crippen molar-refractivity contribution in [3.63, 3.8) is 0 Å². The van der Waals surface area contributed by atoms with Gasteiger partial charge in [0.15, 0.2) is 11.2 Å². The van der Waals surface area contributed by atoms with Gasteiger partial charge in [-0.05, 0) is 36.1 Å². The van der Waals surface area contributed by atoms with Gasteiger partial charge >= 0.3 is 8.25 Å². The predicted molar refractivity (Wildman–Crippen MR) is 128 cm³/mol. The van der Waals surface area contributed by atoms with E-state index in [4.69, 9.17) is 9.05 Å². The van der Waals surface area contributed by atoms with Crippen molar-refractivity contribution in [2.75, 3.05) is 0 Å². The lowest BCUT2D eigenvalue weighted by Gasteiger charge is -2.27. The summed E-state index contributed by atoms with van der Waals surface area (Å²) in [5, 5.41) is 0. The van der Waals surface area contributed by atoms with Crippen molar-refractivity contribution in [2.24, 2.45) is 0 Å². The highest BCUT2D eigenvalue weighted by Crippen LogP contribution is 2.48. The molecule has 0 unspecified atom stereocenters. The molecule has 4 heteroatoms. The summed E-state index contributed by atoms with van der Waals surface area (Å²) in [6.45, 7) is 3.85. The minimum Gasteiger partial charge on any atom is -0.103 e. The van der Waals surface area contributed by atoms with Crippen LogP contribution in [0.4, 0.5) is 0 Å². The number of hydrogen-bond acceptors (Lipinski definition) is 3. The van der Waals surface area contributed by atoms with Gasteiger partial charge in [0.05, 0.1) is 0 Å². The Morgan fingerprint density at radius 3 is 0.906 bits per heavy atom. The van der Waals surface area contributed by atoms with E-state index in [1.54, 1.807) is 0 Å². The lowest BCUT2D eigenvalue weighted by atomic mass is 9.88. The molecule has 0 heterocycles. The van der Waals surface area contributed by atoms with Gasteiger partial charge < -0.3 is 0 Å². The zero-order valence-corrected chi connectivity index (χ0v) is 19.1. The molecular formula is C28H26O3P+. The molecule has 0 radical (unpaired) electrons. The topological polar surface area (TPSA) is 35.5 Å². The molecule has 32 heavy (non-hydrogen) atoms. The van der Waals surface area contributed by atoms with Crippen molar-refractivity contribution in [3.8, 4) is 0 Å². The van der Waals surface area contributed by atoms with Crippen molar-refractivity contribution in [1.29, 1.82) is 0 Å². The van der Waals surface area contributed by atoms with Crippen LogP contribution in [0.2, 0.25) is 0 Å². The van der Waals surface area contributed by atoms with Crippen LogP contribution < -0.4 is 0 Å². The minimum absolute atomic E-state index is 0.902. The van der Waals surface area contributed by atoms with Gasteiger partial charge in [-0.1, -0.05) is 121 Å². The molecule has 0 amide bonds. The van der Waals surface area contributed by atoms with Crippen LogP contribution in [-0.2, 0) is 24.8 Å². The van der Waals surface area contributed by atoms with Crippen LogP contribution in [0.5, 0.6) is 0 Å². The summed E-state index contributed by atoms with van der Waals surface area (Å²) in [7, 11) is -2.50. The molecule has 0 aliphatic carbocycles. The second kappa shape index (κ2) is 9.58. The molecule has 0 spiro atoms. The van der Waals surface area contributed by atoms with Gasteiger partial charge in [-0.2, -0.15) is 0 Å². The molecule has 0 fully saturated rings. The van der Waals surface area contributed by atoms with Gasteiger partial charge in [0, 0.05) is 4.57 Å². The normalized spacial score (nSPS) is 11.8. The predicted octanol–water partition coefficient (Wildman–Crippen LogP) is 7.60. The highest BCUT2D eigenvalue weighted by molar-refractivity contribution is 7.33. The second-order valence-electron chi connectivity index (χ2n) is 7.94. The highest BCUT2D eigenvalue weighted by atomic mass is 31.1. The van der Waals surface area contributed by atoms with Gasteiger partial charge in [-0.3, -0.25) is 0 Å². The van der Waals surface area contributed by atoms with Gasteiger partial charge in [-0.25, -0.2) is 0 Å². The van der Waals surface area contributed by atoms with E-state index >= 15 is 0 Å². The van der Waals surface area contributed by atoms with E-state index in [9.17, 15) is 4.57 Å². The number of hydrogen-bond donors (Lipinski definition) is 0. The Morgan fingerprint density at radius 2 is 0.688 bits per heavy atom. The Morgan fingerprint density at radius 1 is 0.469 bits per heavy atom. The molecule has 0 saturated carbocycles. The summed E-state index contributed by atoms with van der Waals surface area (Å²) in [5.74, 6) is 0. The number of rotatable bonds is 8. The molecule has 0 bridgehead atoms. The van der Waals surface area contributed by atoms with Crippen molar-refractivity contribution in [1.82, 2.24) is 0 Å². The maximum atomic E-state index is 13.5. The van der Waals surface area contributed by atoms with Crippen LogP contribution in [-0.4, -0.2) is 0 Å². The Hall–Kier alpha value is -3.10. The lowest BCUT2D eigenvalue weighted by Crippen LogP contribution is -2.28. The highest BCUT2D eigenvalue weighted by Gasteiger charge is 2.47. The summed E-state index contributed by atoms with van der Waals surface area (Å²) in [4.78, 5) is 0. The van der Waals surface area contributed by atoms with Crippen LogP contribution in [0.1, 0.15) is 36.1 Å². The van der Waals surface area contributed by atoms with E-state index in [0.29, 0.717) is 0 Å². The van der Waals surface area contributed by atoms with Crippen molar-refractivity contribution in [3.05, 3.63) is 144 Å². The third kappa shape index (κ3) is 4.56. The molecule has 0 aliphatic heterocycles. The molecule has 4 rings (SSSR count). The molecule has 4 aromatic carbocycles. The molecule has 3 nitrogen and oxygen atoms in total. The van der Waals surface area contributed by atoms with E-state index in [1.807, 2.05) is 135 Å². The van der Waals surface area contributed by atoms with Crippen LogP contribution in [0.25, 0.3) is 0 Å². The first-order valence-corrected chi connectivity index (χ1v) is 11.7. The average Bonchev–Trinajstić information content (AvgIpc) is 2.86. The maximum Gasteiger partial charge on any atom is 0.699 e. The molecule has 0 atom stereocenters. The SMILES string of the molecule is CC(O[P+](=O)OC(C)(c1ccccc1)c1ccccc1)(c1ccccc1)c1ccccc1. The van der Waals surface area contributed by atoms with Gasteiger partial charge in [0.1, 0.15) is 0 Å². The first-order chi connectivity index (χ1) is 15.5. The lowest BCUT2D eigenvalue weighted by molar-refractivity contribution is 0.0628. The Balaban J connectivity index is 1.70. The average molecular weight is 441 g/mol. The zero-order chi connectivity index (χ0) is 22.4. The van der Waals surface area contributed by atoms with Gasteiger partial charge in [-0.15, -0.1) is 9.05 Å². The molecule has 0 saturated heterocycles. The zero-order valence-electron chi connectivity index (χ0n) is 18.2. The fourth-order valence-electron chi connectivity index (χ4n) is 3.89. The van der Waals surface area contributed by atoms with Crippen LogP contribution >= 0.6 is 8.25 Å². The van der Waals surface area contributed by atoms with E-state index in [0.717, 1.165) is 22.3 Å². The second-order valence-corrected chi connectivity index (χ2v) is 8.75. The molecule has 0 aromatic heterocycles. The van der Waals surface area contributed by atoms with Crippen LogP contribution in [0.3, 0.4) is 0 Å². The first kappa shape index (κ1) is 22.1. The number of benzene rings is 4. The molecule has 4 aromatic rings. The van der Waals surface area contributed by atoms with E-state index in [1.165, 1.54) is 0 Å². The van der Waals surface area contributed by atoms with E-state index in [-0.39, 0.29) is 0 Å². The Bertz CT molecular complexity index is 974. The quantitative estimate of drug-likeness (QED) is 0.264. The standard InChI is InChI=1S/C28H26O3P/c1-27(23-15-7-3-8-16-23,24-17-9-4-10-18-24)30-32(29)31-28(2,25-19-11-5-12-20-25)26-21-13-6-14-22-26/h3-22H,1-2H3/q+1. The van der Waals surface area contributed by atoms with Crippen LogP contribution in [0.15, 0.2) is 121 Å². The fraction of sp³-hybridized carbons (Fsp3) is 0.143. The third-order valence-corrected chi connectivity index (χ3v) is 6.84. The summed E-state index contributed by atoms with van der Waals surface area (Å²) < 4.78 is 25.9. The van der Waals surface area contributed by atoms with E-state index < -0.39 is 19.5 Å². The molecule has 0 N–H and O–H groups in total. The smallest absolute Gasteiger partial charge is 0.103 e. The summed E-state index contributed by atoms with van der Waals surface area (Å²) in [6, 6.07) is 39.2. The van der Waals surface area contributed by atoms with Crippen LogP contribution in [0, 0.1) is 0 Å². The maximum absolute atomic E-state index is 13.5. The molecule has 160 valence electrons. The minimum atomic E-state index is -2.50. The van der Waals surface area contributed by atoms with E-state index in [2.05, 4.69) is 0 Å².